The Bertz CT molecular complexity index is 230. The summed E-state index contributed by atoms with van der Waals surface area (Å²) in [5.74, 6) is 1.99. The van der Waals surface area contributed by atoms with E-state index < -0.39 is 5.60 Å². The quantitative estimate of drug-likeness (QED) is 0.703. The molecule has 0 aliphatic carbocycles. The molecule has 1 fully saturated rings. The van der Waals surface area contributed by atoms with Crippen molar-refractivity contribution < 1.29 is 5.11 Å². The van der Waals surface area contributed by atoms with Crippen molar-refractivity contribution in [1.29, 1.82) is 0 Å². The largest absolute Gasteiger partial charge is 0.388 e. The topological polar surface area (TPSA) is 32.3 Å². The lowest BCUT2D eigenvalue weighted by Gasteiger charge is -2.24. The lowest BCUT2D eigenvalue weighted by Crippen LogP contribution is -2.43. The van der Waals surface area contributed by atoms with Crippen LogP contribution in [0.5, 0.6) is 0 Å². The fourth-order valence-corrected chi connectivity index (χ4v) is 3.12. The molecular weight excluding hydrogens is 218 g/mol. The van der Waals surface area contributed by atoms with Crippen LogP contribution in [0.2, 0.25) is 0 Å². The Hall–Kier alpha value is 0.0100. The summed E-state index contributed by atoms with van der Waals surface area (Å²) in [7, 11) is 0. The molecule has 2 nitrogen and oxygen atoms in total. The van der Waals surface area contributed by atoms with Gasteiger partial charge in [-0.05, 0) is 45.8 Å². The van der Waals surface area contributed by atoms with Gasteiger partial charge in [0.15, 0.2) is 0 Å². The molecule has 0 aromatic carbocycles. The van der Waals surface area contributed by atoms with E-state index in [0.717, 1.165) is 37.3 Å². The maximum atomic E-state index is 10.2. The van der Waals surface area contributed by atoms with Crippen LogP contribution in [0.3, 0.4) is 0 Å². The molecule has 0 saturated carbocycles. The van der Waals surface area contributed by atoms with Crippen molar-refractivity contribution in [3.05, 3.63) is 11.6 Å². The third-order valence-electron chi connectivity index (χ3n) is 3.01. The van der Waals surface area contributed by atoms with Crippen molar-refractivity contribution >= 4 is 11.8 Å². The van der Waals surface area contributed by atoms with Gasteiger partial charge < -0.3 is 10.4 Å². The zero-order valence-corrected chi connectivity index (χ0v) is 11.6. The Morgan fingerprint density at radius 2 is 2.31 bits per heavy atom. The summed E-state index contributed by atoms with van der Waals surface area (Å²) < 4.78 is 0. The lowest BCUT2D eigenvalue weighted by molar-refractivity contribution is 0.0649. The molecule has 94 valence electrons. The average Bonchev–Trinajstić information content (AvgIpc) is 2.62. The van der Waals surface area contributed by atoms with Crippen LogP contribution in [0.25, 0.3) is 0 Å². The Balaban J connectivity index is 2.14. The molecular formula is C13H25NOS. The van der Waals surface area contributed by atoms with E-state index in [-0.39, 0.29) is 0 Å². The summed E-state index contributed by atoms with van der Waals surface area (Å²) in [6, 6.07) is 0.491. The van der Waals surface area contributed by atoms with E-state index in [1.54, 1.807) is 0 Å². The van der Waals surface area contributed by atoms with Crippen molar-refractivity contribution in [2.45, 2.75) is 51.7 Å². The van der Waals surface area contributed by atoms with Crippen molar-refractivity contribution in [3.63, 3.8) is 0 Å². The molecule has 0 bridgehead atoms. The van der Waals surface area contributed by atoms with Crippen LogP contribution in [0, 0.1) is 0 Å². The van der Waals surface area contributed by atoms with Gasteiger partial charge in [-0.15, -0.1) is 0 Å². The molecule has 1 heterocycles. The van der Waals surface area contributed by atoms with E-state index >= 15 is 0 Å². The van der Waals surface area contributed by atoms with E-state index in [1.165, 1.54) is 5.57 Å². The molecule has 2 N–H and O–H groups in total. The van der Waals surface area contributed by atoms with Gasteiger partial charge in [-0.2, -0.15) is 11.8 Å². The standard InChI is InChI=1S/C13H25NOS/c1-11(2)5-4-6-12(3)14-9-13(15)7-8-16-10-13/h5,12,14-15H,4,6-10H2,1-3H3/t12-,13+/m0/s1. The van der Waals surface area contributed by atoms with Gasteiger partial charge in [0.25, 0.3) is 0 Å². The molecule has 2 atom stereocenters. The third kappa shape index (κ3) is 5.37. The molecule has 0 radical (unpaired) electrons. The number of hydrogen-bond donors (Lipinski definition) is 2. The maximum absolute atomic E-state index is 10.2. The van der Waals surface area contributed by atoms with E-state index in [9.17, 15) is 5.11 Å². The smallest absolute Gasteiger partial charge is 0.0869 e. The van der Waals surface area contributed by atoms with E-state index in [2.05, 4.69) is 32.2 Å². The normalized spacial score (nSPS) is 26.8. The highest BCUT2D eigenvalue weighted by Gasteiger charge is 2.31. The predicted octanol–water partition coefficient (Wildman–Crippen LogP) is 2.58. The van der Waals surface area contributed by atoms with Crippen LogP contribution in [0.4, 0.5) is 0 Å². The van der Waals surface area contributed by atoms with E-state index in [4.69, 9.17) is 0 Å². The molecule has 0 aromatic rings. The van der Waals surface area contributed by atoms with Gasteiger partial charge in [0.2, 0.25) is 0 Å². The molecule has 1 rings (SSSR count). The summed E-state index contributed by atoms with van der Waals surface area (Å²) in [5, 5.41) is 13.6. The van der Waals surface area contributed by atoms with Gasteiger partial charge in [0.05, 0.1) is 5.60 Å². The number of rotatable bonds is 6. The maximum Gasteiger partial charge on any atom is 0.0869 e. The van der Waals surface area contributed by atoms with Crippen molar-refractivity contribution in [3.8, 4) is 0 Å². The van der Waals surface area contributed by atoms with Gasteiger partial charge in [-0.1, -0.05) is 11.6 Å². The summed E-state index contributed by atoms with van der Waals surface area (Å²) in [6.45, 7) is 7.22. The van der Waals surface area contributed by atoms with Gasteiger partial charge in [0.1, 0.15) is 0 Å². The first-order chi connectivity index (χ1) is 7.52. The van der Waals surface area contributed by atoms with Gasteiger partial charge >= 0.3 is 0 Å². The molecule has 0 amide bonds. The van der Waals surface area contributed by atoms with Crippen molar-refractivity contribution in [2.75, 3.05) is 18.1 Å². The minimum Gasteiger partial charge on any atom is -0.388 e. The Morgan fingerprint density at radius 3 is 2.88 bits per heavy atom. The van der Waals surface area contributed by atoms with Crippen LogP contribution in [-0.2, 0) is 0 Å². The predicted molar refractivity (Wildman–Crippen MR) is 73.0 cm³/mol. The molecule has 0 aromatic heterocycles. The summed E-state index contributed by atoms with van der Waals surface area (Å²) >= 11 is 1.85. The number of hydrogen-bond acceptors (Lipinski definition) is 3. The monoisotopic (exact) mass is 243 g/mol. The van der Waals surface area contributed by atoms with Gasteiger partial charge in [-0.3, -0.25) is 0 Å². The highest BCUT2D eigenvalue weighted by atomic mass is 32.2. The molecule has 1 aliphatic heterocycles. The Labute approximate surface area is 104 Å². The fraction of sp³-hybridized carbons (Fsp3) is 0.846. The first kappa shape index (κ1) is 14.1. The average molecular weight is 243 g/mol. The Kier molecular flexibility index (Phi) is 5.87. The Morgan fingerprint density at radius 1 is 1.56 bits per heavy atom. The second kappa shape index (κ2) is 6.67. The molecule has 1 aliphatic rings. The summed E-state index contributed by atoms with van der Waals surface area (Å²) in [5.41, 5.74) is 0.938. The van der Waals surface area contributed by atoms with Crippen LogP contribution in [0.15, 0.2) is 11.6 Å². The number of allylic oxidation sites excluding steroid dienone is 2. The minimum atomic E-state index is -0.449. The number of aliphatic hydroxyl groups is 1. The van der Waals surface area contributed by atoms with Crippen LogP contribution in [0.1, 0.15) is 40.0 Å². The van der Waals surface area contributed by atoms with Crippen LogP contribution < -0.4 is 5.32 Å². The first-order valence-corrected chi connectivity index (χ1v) is 7.34. The second-order valence-corrected chi connectivity index (χ2v) is 6.27. The zero-order chi connectivity index (χ0) is 12.0. The van der Waals surface area contributed by atoms with Crippen molar-refractivity contribution in [2.24, 2.45) is 0 Å². The van der Waals surface area contributed by atoms with E-state index in [1.807, 2.05) is 11.8 Å². The second-order valence-electron chi connectivity index (χ2n) is 5.17. The molecule has 16 heavy (non-hydrogen) atoms. The van der Waals surface area contributed by atoms with Crippen LogP contribution in [-0.4, -0.2) is 34.8 Å². The minimum absolute atomic E-state index is 0.449. The fourth-order valence-electron chi connectivity index (χ4n) is 1.82. The number of nitrogens with one attached hydrogen (secondary N) is 1. The highest BCUT2D eigenvalue weighted by molar-refractivity contribution is 7.99. The van der Waals surface area contributed by atoms with E-state index in [0.29, 0.717) is 6.04 Å². The molecule has 0 unspecified atom stereocenters. The lowest BCUT2D eigenvalue weighted by atomic mass is 10.0. The zero-order valence-electron chi connectivity index (χ0n) is 10.8. The third-order valence-corrected chi connectivity index (χ3v) is 4.25. The SMILES string of the molecule is CC(C)=CCC[C@H](C)NC[C@]1(O)CCSC1. The van der Waals surface area contributed by atoms with Gasteiger partial charge in [0, 0.05) is 18.3 Å². The van der Waals surface area contributed by atoms with Crippen LogP contribution >= 0.6 is 11.8 Å². The molecule has 3 heteroatoms. The van der Waals surface area contributed by atoms with Crippen molar-refractivity contribution in [1.82, 2.24) is 5.32 Å². The molecule has 0 spiro atoms. The summed E-state index contributed by atoms with van der Waals surface area (Å²) in [6.07, 6.45) is 5.49. The summed E-state index contributed by atoms with van der Waals surface area (Å²) in [4.78, 5) is 0. The van der Waals surface area contributed by atoms with Gasteiger partial charge in [-0.25, -0.2) is 0 Å². The number of thioether (sulfide) groups is 1. The first-order valence-electron chi connectivity index (χ1n) is 6.19. The highest BCUT2D eigenvalue weighted by Crippen LogP contribution is 2.27. The molecule has 1 saturated heterocycles.